The third kappa shape index (κ3) is 3.66. The van der Waals surface area contributed by atoms with E-state index in [0.29, 0.717) is 33.2 Å². The molecular weight excluding hydrogens is 432 g/mol. The fourth-order valence-electron chi connectivity index (χ4n) is 3.48. The monoisotopic (exact) mass is 448 g/mol. The first-order valence-corrected chi connectivity index (χ1v) is 11.0. The Bertz CT molecular complexity index is 1330. The fourth-order valence-corrected chi connectivity index (χ4v) is 4.19. The van der Waals surface area contributed by atoms with Crippen LogP contribution in [0.2, 0.25) is 5.02 Å². The summed E-state index contributed by atoms with van der Waals surface area (Å²) in [7, 11) is 0. The molecule has 5 rings (SSSR count). The summed E-state index contributed by atoms with van der Waals surface area (Å²) in [5.41, 5.74) is 1.35. The molecular formula is C23H17ClN4O2S. The summed E-state index contributed by atoms with van der Waals surface area (Å²) in [6.07, 6.45) is 1.16. The van der Waals surface area contributed by atoms with Gasteiger partial charge >= 0.3 is 0 Å². The number of para-hydroxylation sites is 1. The highest BCUT2D eigenvalue weighted by molar-refractivity contribution is 8.14. The number of furan rings is 1. The van der Waals surface area contributed by atoms with Crippen LogP contribution in [0, 0.1) is 0 Å². The van der Waals surface area contributed by atoms with Gasteiger partial charge in [-0.3, -0.25) is 10.1 Å². The number of amidine groups is 1. The largest absolute Gasteiger partial charge is 0.457 e. The Kier molecular flexibility index (Phi) is 5.13. The van der Waals surface area contributed by atoms with Gasteiger partial charge in [-0.15, -0.1) is 11.7 Å². The Balaban J connectivity index is 1.61. The van der Waals surface area contributed by atoms with E-state index in [-0.39, 0.29) is 5.91 Å². The van der Waals surface area contributed by atoms with Gasteiger partial charge in [-0.1, -0.05) is 47.6 Å². The summed E-state index contributed by atoms with van der Waals surface area (Å²) >= 11 is 7.40. The van der Waals surface area contributed by atoms with Crippen LogP contribution in [-0.2, 0) is 4.79 Å². The summed E-state index contributed by atoms with van der Waals surface area (Å²) in [5.74, 6) is 1.68. The second-order valence-electron chi connectivity index (χ2n) is 6.88. The summed E-state index contributed by atoms with van der Waals surface area (Å²) in [4.78, 5) is 17.8. The number of hydrogen-bond acceptors (Lipinski definition) is 6. The molecule has 31 heavy (non-hydrogen) atoms. The zero-order valence-corrected chi connectivity index (χ0v) is 17.9. The Morgan fingerprint density at radius 1 is 1.16 bits per heavy atom. The summed E-state index contributed by atoms with van der Waals surface area (Å²) in [5, 5.41) is 11.8. The SMILES string of the molecule is C=CCSC1=NN2C(=c3ccccc3=NC2c2ccc(-c3ccc(Cl)cc3)o2)C(=O)N1. The number of nitrogens with zero attached hydrogens (tertiary/aromatic N) is 3. The lowest BCUT2D eigenvalue weighted by Gasteiger charge is -2.32. The van der Waals surface area contributed by atoms with Crippen molar-refractivity contribution >= 4 is 40.1 Å². The smallest absolute Gasteiger partial charge is 0.276 e. The Morgan fingerprint density at radius 3 is 2.77 bits per heavy atom. The molecule has 2 aliphatic heterocycles. The molecule has 1 aromatic heterocycles. The van der Waals surface area contributed by atoms with Crippen molar-refractivity contribution in [3.8, 4) is 11.3 Å². The number of benzene rings is 2. The molecule has 0 radical (unpaired) electrons. The van der Waals surface area contributed by atoms with E-state index in [9.17, 15) is 4.79 Å². The van der Waals surface area contributed by atoms with E-state index in [1.807, 2.05) is 60.7 Å². The Labute approximate surface area is 187 Å². The van der Waals surface area contributed by atoms with E-state index in [1.54, 1.807) is 11.1 Å². The van der Waals surface area contributed by atoms with Crippen LogP contribution in [0.15, 0.2) is 87.8 Å². The standard InChI is InChI=1S/C23H17ClN4O2S/c1-2-13-31-23-26-22(29)20-16-5-3-4-6-17(16)25-21(28(20)27-23)19-12-11-18(30-19)14-7-9-15(24)10-8-14/h2-12,21H,1,13H2,(H,26,27,29). The highest BCUT2D eigenvalue weighted by atomic mass is 35.5. The number of hydrazone groups is 1. The third-order valence-electron chi connectivity index (χ3n) is 4.86. The third-order valence-corrected chi connectivity index (χ3v) is 5.97. The molecule has 1 atom stereocenters. The molecule has 0 spiro atoms. The number of carbonyl (C=O) groups excluding carboxylic acids is 1. The molecule has 0 bridgehead atoms. The zero-order chi connectivity index (χ0) is 21.4. The first-order valence-electron chi connectivity index (χ1n) is 9.60. The average Bonchev–Trinajstić information content (AvgIpc) is 3.27. The van der Waals surface area contributed by atoms with Crippen LogP contribution < -0.4 is 15.9 Å². The van der Waals surface area contributed by atoms with Gasteiger partial charge in [-0.25, -0.2) is 10.0 Å². The minimum absolute atomic E-state index is 0.224. The Morgan fingerprint density at radius 2 is 1.97 bits per heavy atom. The van der Waals surface area contributed by atoms with Crippen LogP contribution >= 0.6 is 23.4 Å². The van der Waals surface area contributed by atoms with Gasteiger partial charge in [0.05, 0.1) is 5.36 Å². The van der Waals surface area contributed by atoms with E-state index in [1.165, 1.54) is 11.8 Å². The summed E-state index contributed by atoms with van der Waals surface area (Å²) < 4.78 is 6.15. The van der Waals surface area contributed by atoms with Crippen molar-refractivity contribution in [2.75, 3.05) is 5.75 Å². The molecule has 2 aromatic carbocycles. The summed E-state index contributed by atoms with van der Waals surface area (Å²) in [6, 6.07) is 18.7. The molecule has 0 fully saturated rings. The van der Waals surface area contributed by atoms with Crippen molar-refractivity contribution in [2.45, 2.75) is 6.17 Å². The normalized spacial score (nSPS) is 17.3. The van der Waals surface area contributed by atoms with E-state index in [0.717, 1.165) is 16.1 Å². The molecule has 6 nitrogen and oxygen atoms in total. The number of nitrogens with one attached hydrogen (secondary N) is 1. The molecule has 3 heterocycles. The van der Waals surface area contributed by atoms with Crippen molar-refractivity contribution in [1.29, 1.82) is 0 Å². The molecule has 1 amide bonds. The topological polar surface area (TPSA) is 70.2 Å². The van der Waals surface area contributed by atoms with Crippen molar-refractivity contribution in [3.63, 3.8) is 0 Å². The van der Waals surface area contributed by atoms with E-state index < -0.39 is 6.17 Å². The van der Waals surface area contributed by atoms with Crippen molar-refractivity contribution < 1.29 is 9.21 Å². The van der Waals surface area contributed by atoms with Gasteiger partial charge in [-0.05, 0) is 42.5 Å². The maximum atomic E-state index is 13.0. The number of amides is 1. The van der Waals surface area contributed by atoms with Gasteiger partial charge in [0.15, 0.2) is 10.9 Å². The number of carbonyl (C=O) groups is 1. The van der Waals surface area contributed by atoms with Crippen molar-refractivity contribution in [3.05, 3.63) is 94.7 Å². The maximum Gasteiger partial charge on any atom is 0.276 e. The highest BCUT2D eigenvalue weighted by Gasteiger charge is 2.35. The van der Waals surface area contributed by atoms with Gasteiger partial charge in [0.1, 0.15) is 11.5 Å². The maximum absolute atomic E-state index is 13.0. The van der Waals surface area contributed by atoms with Crippen molar-refractivity contribution in [1.82, 2.24) is 10.3 Å². The first kappa shape index (κ1) is 19.7. The van der Waals surface area contributed by atoms with Crippen LogP contribution in [0.4, 0.5) is 0 Å². The molecule has 3 aromatic rings. The Hall–Kier alpha value is -3.29. The van der Waals surface area contributed by atoms with Gasteiger partial charge in [0.2, 0.25) is 6.17 Å². The number of halogens is 1. The predicted octanol–water partition coefficient (Wildman–Crippen LogP) is 3.66. The lowest BCUT2D eigenvalue weighted by Crippen LogP contribution is -2.50. The van der Waals surface area contributed by atoms with E-state index in [4.69, 9.17) is 21.0 Å². The zero-order valence-electron chi connectivity index (χ0n) is 16.3. The second kappa shape index (κ2) is 8.09. The number of hydrogen-bond donors (Lipinski definition) is 1. The number of fused-ring (bicyclic) bond motifs is 2. The molecule has 0 saturated carbocycles. The van der Waals surface area contributed by atoms with Crippen molar-refractivity contribution in [2.24, 2.45) is 10.1 Å². The van der Waals surface area contributed by atoms with Gasteiger partial charge in [-0.2, -0.15) is 0 Å². The first-order chi connectivity index (χ1) is 15.1. The quantitative estimate of drug-likeness (QED) is 0.618. The van der Waals surface area contributed by atoms with Crippen LogP contribution in [-0.4, -0.2) is 21.8 Å². The van der Waals surface area contributed by atoms with Gasteiger partial charge in [0, 0.05) is 21.6 Å². The average molecular weight is 449 g/mol. The van der Waals surface area contributed by atoms with Gasteiger partial charge < -0.3 is 4.42 Å². The fraction of sp³-hybridized carbons (Fsp3) is 0.0870. The van der Waals surface area contributed by atoms with Gasteiger partial charge in [0.25, 0.3) is 5.91 Å². The summed E-state index contributed by atoms with van der Waals surface area (Å²) in [6.45, 7) is 3.73. The molecule has 0 aliphatic carbocycles. The lowest BCUT2D eigenvalue weighted by atomic mass is 10.1. The molecule has 1 N–H and O–H groups in total. The van der Waals surface area contributed by atoms with Crippen LogP contribution in [0.25, 0.3) is 17.0 Å². The predicted molar refractivity (Wildman–Crippen MR) is 123 cm³/mol. The van der Waals surface area contributed by atoms with Crippen LogP contribution in [0.5, 0.6) is 0 Å². The molecule has 8 heteroatoms. The minimum Gasteiger partial charge on any atom is -0.457 e. The molecule has 2 aliphatic rings. The second-order valence-corrected chi connectivity index (χ2v) is 8.33. The molecule has 0 saturated heterocycles. The van der Waals surface area contributed by atoms with E-state index in [2.05, 4.69) is 17.0 Å². The number of thioether (sulfide) groups is 1. The number of rotatable bonds is 4. The highest BCUT2D eigenvalue weighted by Crippen LogP contribution is 2.34. The molecule has 1 unspecified atom stereocenters. The molecule has 154 valence electrons. The lowest BCUT2D eigenvalue weighted by molar-refractivity contribution is -0.116. The van der Waals surface area contributed by atoms with Crippen LogP contribution in [0.1, 0.15) is 11.9 Å². The van der Waals surface area contributed by atoms with E-state index >= 15 is 0 Å². The van der Waals surface area contributed by atoms with Crippen LogP contribution in [0.3, 0.4) is 0 Å². The minimum atomic E-state index is -0.601.